The molecule has 1 saturated heterocycles. The molecule has 1 aromatic heterocycles. The smallest absolute Gasteiger partial charge is 0.338 e. The number of nitrogens with zero attached hydrogens (tertiary/aromatic N) is 1. The van der Waals surface area contributed by atoms with Crippen molar-refractivity contribution in [1.29, 1.82) is 0 Å². The van der Waals surface area contributed by atoms with Crippen LogP contribution in [0.15, 0.2) is 52.2 Å². The molecule has 11 nitrogen and oxygen atoms in total. The predicted octanol–water partition coefficient (Wildman–Crippen LogP) is 0.254. The molecular formula is C21H24N2O9. The fourth-order valence-electron chi connectivity index (χ4n) is 3.30. The summed E-state index contributed by atoms with van der Waals surface area (Å²) in [7, 11) is 1.50. The maximum atomic E-state index is 12.4. The number of aromatic amines is 1. The Bertz CT molecular complexity index is 1030. The van der Waals surface area contributed by atoms with E-state index >= 15 is 0 Å². The van der Waals surface area contributed by atoms with Crippen molar-refractivity contribution in [2.24, 2.45) is 0 Å². The standard InChI is InChI=1S/C21H24N2O9/c1-13(24)31-18-17(29-11-10-28-2)15(12-30-20(26)14-6-4-3-5-7-14)32-19(18)23-9-8-16(25)22-21(23)27/h3-9,15,17-19H,10-12H2,1-2H3,(H,22,25,27)/t15-,17?,18+,19-/m1/s1. The van der Waals surface area contributed by atoms with E-state index in [1.54, 1.807) is 30.3 Å². The van der Waals surface area contributed by atoms with Crippen LogP contribution in [-0.4, -0.2) is 66.7 Å². The number of benzene rings is 1. The number of ether oxygens (including phenoxy) is 5. The second-order valence-corrected chi connectivity index (χ2v) is 6.95. The van der Waals surface area contributed by atoms with Gasteiger partial charge in [-0.25, -0.2) is 9.59 Å². The SMILES string of the molecule is COCCOC1[C@@H](COC(=O)c2ccccc2)O[C@@H](n2ccc(=O)[nH]c2=O)[C@H]1OC(C)=O. The van der Waals surface area contributed by atoms with Crippen LogP contribution < -0.4 is 11.2 Å². The number of rotatable bonds is 9. The highest BCUT2D eigenvalue weighted by molar-refractivity contribution is 5.89. The molecule has 2 heterocycles. The molecule has 32 heavy (non-hydrogen) atoms. The summed E-state index contributed by atoms with van der Waals surface area (Å²) in [6.07, 6.45) is -2.67. The van der Waals surface area contributed by atoms with Gasteiger partial charge in [-0.3, -0.25) is 19.1 Å². The van der Waals surface area contributed by atoms with E-state index in [1.807, 2.05) is 0 Å². The van der Waals surface area contributed by atoms with Crippen molar-refractivity contribution < 1.29 is 33.3 Å². The molecule has 3 rings (SSSR count). The Morgan fingerprint density at radius 1 is 1.09 bits per heavy atom. The fraction of sp³-hybridized carbons (Fsp3) is 0.429. The molecule has 0 amide bonds. The summed E-state index contributed by atoms with van der Waals surface area (Å²) in [4.78, 5) is 50.0. The molecule has 1 aliphatic heterocycles. The van der Waals surface area contributed by atoms with Crippen LogP contribution in [-0.2, 0) is 28.5 Å². The molecule has 1 fully saturated rings. The van der Waals surface area contributed by atoms with Crippen molar-refractivity contribution in [3.8, 4) is 0 Å². The van der Waals surface area contributed by atoms with E-state index in [0.717, 1.165) is 10.6 Å². The number of aromatic nitrogens is 2. The molecule has 0 spiro atoms. The van der Waals surface area contributed by atoms with E-state index in [1.165, 1.54) is 20.2 Å². The van der Waals surface area contributed by atoms with Crippen LogP contribution in [0.1, 0.15) is 23.5 Å². The first-order chi connectivity index (χ1) is 15.4. The molecular weight excluding hydrogens is 424 g/mol. The summed E-state index contributed by atoms with van der Waals surface area (Å²) in [6, 6.07) is 9.53. The Kier molecular flexibility index (Phi) is 7.92. The molecule has 4 atom stereocenters. The summed E-state index contributed by atoms with van der Waals surface area (Å²) >= 11 is 0. The van der Waals surface area contributed by atoms with E-state index in [9.17, 15) is 19.2 Å². The minimum atomic E-state index is -1.11. The first kappa shape index (κ1) is 23.4. The minimum Gasteiger partial charge on any atom is -0.459 e. The summed E-state index contributed by atoms with van der Waals surface area (Å²) in [5.41, 5.74) is -0.987. The van der Waals surface area contributed by atoms with Crippen LogP contribution in [0.2, 0.25) is 0 Å². The third kappa shape index (κ3) is 5.69. The Morgan fingerprint density at radius 3 is 2.50 bits per heavy atom. The van der Waals surface area contributed by atoms with Gasteiger partial charge in [0.1, 0.15) is 18.8 Å². The third-order valence-corrected chi connectivity index (χ3v) is 4.70. The van der Waals surface area contributed by atoms with Gasteiger partial charge in [0.05, 0.1) is 18.8 Å². The number of carbonyl (C=O) groups excluding carboxylic acids is 2. The average Bonchev–Trinajstić information content (AvgIpc) is 3.09. The molecule has 0 radical (unpaired) electrons. The second kappa shape index (κ2) is 10.8. The van der Waals surface area contributed by atoms with Gasteiger partial charge in [0, 0.05) is 26.3 Å². The summed E-state index contributed by atoms with van der Waals surface area (Å²) < 4.78 is 28.6. The fourth-order valence-corrected chi connectivity index (χ4v) is 3.30. The van der Waals surface area contributed by atoms with Gasteiger partial charge in [-0.15, -0.1) is 0 Å². The highest BCUT2D eigenvalue weighted by atomic mass is 16.6. The number of hydrogen-bond acceptors (Lipinski definition) is 9. The van der Waals surface area contributed by atoms with Crippen LogP contribution >= 0.6 is 0 Å². The highest BCUT2D eigenvalue weighted by Crippen LogP contribution is 2.33. The molecule has 0 saturated carbocycles. The summed E-state index contributed by atoms with van der Waals surface area (Å²) in [5.74, 6) is -1.19. The van der Waals surface area contributed by atoms with Gasteiger partial charge in [0.25, 0.3) is 5.56 Å². The third-order valence-electron chi connectivity index (χ3n) is 4.70. The van der Waals surface area contributed by atoms with Gasteiger partial charge < -0.3 is 23.7 Å². The molecule has 1 N–H and O–H groups in total. The van der Waals surface area contributed by atoms with Crippen molar-refractivity contribution in [2.75, 3.05) is 26.9 Å². The van der Waals surface area contributed by atoms with E-state index in [4.69, 9.17) is 23.7 Å². The number of esters is 2. The zero-order valence-corrected chi connectivity index (χ0v) is 17.6. The van der Waals surface area contributed by atoms with E-state index in [0.29, 0.717) is 5.56 Å². The summed E-state index contributed by atoms with van der Waals surface area (Å²) in [5, 5.41) is 0. The topological polar surface area (TPSA) is 135 Å². The molecule has 1 aromatic carbocycles. The molecule has 1 aliphatic rings. The number of carbonyl (C=O) groups is 2. The van der Waals surface area contributed by atoms with Crippen LogP contribution in [0.4, 0.5) is 0 Å². The lowest BCUT2D eigenvalue weighted by atomic mass is 10.1. The number of H-pyrrole nitrogens is 1. The lowest BCUT2D eigenvalue weighted by molar-refractivity contribution is -0.158. The van der Waals surface area contributed by atoms with Crippen molar-refractivity contribution in [3.05, 3.63) is 69.0 Å². The van der Waals surface area contributed by atoms with Crippen LogP contribution in [0.5, 0.6) is 0 Å². The largest absolute Gasteiger partial charge is 0.459 e. The van der Waals surface area contributed by atoms with Gasteiger partial charge in [-0.2, -0.15) is 0 Å². The Morgan fingerprint density at radius 2 is 1.84 bits per heavy atom. The quantitative estimate of drug-likeness (QED) is 0.423. The zero-order valence-electron chi connectivity index (χ0n) is 17.6. The molecule has 1 unspecified atom stereocenters. The number of methoxy groups -OCH3 is 1. The molecule has 0 aliphatic carbocycles. The zero-order chi connectivity index (χ0) is 23.1. The van der Waals surface area contributed by atoms with Crippen LogP contribution in [0.3, 0.4) is 0 Å². The van der Waals surface area contributed by atoms with Crippen LogP contribution in [0.25, 0.3) is 0 Å². The van der Waals surface area contributed by atoms with E-state index in [2.05, 4.69) is 4.98 Å². The highest BCUT2D eigenvalue weighted by Gasteiger charge is 2.49. The number of nitrogens with one attached hydrogen (secondary N) is 1. The maximum absolute atomic E-state index is 12.4. The van der Waals surface area contributed by atoms with E-state index in [-0.39, 0.29) is 19.8 Å². The molecule has 11 heteroatoms. The lowest BCUT2D eigenvalue weighted by Crippen LogP contribution is -2.42. The van der Waals surface area contributed by atoms with Crippen molar-refractivity contribution in [3.63, 3.8) is 0 Å². The van der Waals surface area contributed by atoms with Crippen LogP contribution in [0, 0.1) is 0 Å². The van der Waals surface area contributed by atoms with Gasteiger partial charge in [0.2, 0.25) is 0 Å². The maximum Gasteiger partial charge on any atom is 0.338 e. The molecule has 0 bridgehead atoms. The van der Waals surface area contributed by atoms with Crippen molar-refractivity contribution in [1.82, 2.24) is 9.55 Å². The first-order valence-electron chi connectivity index (χ1n) is 9.87. The number of hydrogen-bond donors (Lipinski definition) is 1. The first-order valence-corrected chi connectivity index (χ1v) is 9.87. The van der Waals surface area contributed by atoms with E-state index < -0.39 is 47.7 Å². The van der Waals surface area contributed by atoms with Crippen molar-refractivity contribution in [2.45, 2.75) is 31.5 Å². The van der Waals surface area contributed by atoms with Gasteiger partial charge in [-0.1, -0.05) is 18.2 Å². The second-order valence-electron chi connectivity index (χ2n) is 6.95. The molecule has 172 valence electrons. The Labute approximate surface area is 182 Å². The van der Waals surface area contributed by atoms with Gasteiger partial charge in [0.15, 0.2) is 12.3 Å². The lowest BCUT2D eigenvalue weighted by Gasteiger charge is -2.24. The monoisotopic (exact) mass is 448 g/mol. The molecule has 2 aromatic rings. The summed E-state index contributed by atoms with van der Waals surface area (Å²) in [6.45, 7) is 1.38. The minimum absolute atomic E-state index is 0.138. The predicted molar refractivity (Wildman–Crippen MR) is 109 cm³/mol. The van der Waals surface area contributed by atoms with Gasteiger partial charge in [-0.05, 0) is 12.1 Å². The average molecular weight is 448 g/mol. The van der Waals surface area contributed by atoms with Crippen molar-refractivity contribution >= 4 is 11.9 Å². The normalized spacial score (nSPS) is 22.4. The Balaban J connectivity index is 1.85. The van der Waals surface area contributed by atoms with Gasteiger partial charge >= 0.3 is 17.6 Å². The Hall–Kier alpha value is -3.28.